The first-order valence-corrected chi connectivity index (χ1v) is 8.42. The molecule has 3 N–H and O–H groups in total. The Morgan fingerprint density at radius 2 is 2.12 bits per heavy atom. The second-order valence-electron chi connectivity index (χ2n) is 6.33. The molecule has 1 aromatic carbocycles. The fraction of sp³-hybridized carbons (Fsp3) is 0.529. The Labute approximate surface area is 147 Å². The number of anilines is 1. The number of likely N-dealkylation sites (N-methyl/N-ethyl adjacent to an activating group) is 1. The second kappa shape index (κ2) is 8.35. The molecule has 0 spiro atoms. The minimum absolute atomic E-state index is 0.0649. The lowest BCUT2D eigenvalue weighted by Gasteiger charge is -2.15. The SMILES string of the molecule is CN(C)C(=O)COc1ccc(NC(=O)C[C@@H]2CCC[C@H]2N)cc1Cl. The fourth-order valence-corrected chi connectivity index (χ4v) is 2.97. The smallest absolute Gasteiger partial charge is 0.259 e. The third-order valence-electron chi connectivity index (χ3n) is 4.23. The third-order valence-corrected chi connectivity index (χ3v) is 4.53. The van der Waals surface area contributed by atoms with E-state index in [0.717, 1.165) is 19.3 Å². The van der Waals surface area contributed by atoms with Crippen LogP contribution in [0.25, 0.3) is 0 Å². The molecule has 0 heterocycles. The summed E-state index contributed by atoms with van der Waals surface area (Å²) < 4.78 is 5.39. The van der Waals surface area contributed by atoms with Crippen molar-refractivity contribution in [3.63, 3.8) is 0 Å². The van der Waals surface area contributed by atoms with Crippen molar-refractivity contribution < 1.29 is 14.3 Å². The van der Waals surface area contributed by atoms with E-state index in [9.17, 15) is 9.59 Å². The average Bonchev–Trinajstić information content (AvgIpc) is 2.91. The number of benzene rings is 1. The molecule has 0 aliphatic heterocycles. The van der Waals surface area contributed by atoms with Crippen molar-refractivity contribution in [1.82, 2.24) is 4.90 Å². The molecule has 24 heavy (non-hydrogen) atoms. The summed E-state index contributed by atoms with van der Waals surface area (Å²) in [7, 11) is 3.31. The molecular formula is C17H24ClN3O3. The lowest BCUT2D eigenvalue weighted by atomic mass is 10.00. The van der Waals surface area contributed by atoms with Gasteiger partial charge in [-0.05, 0) is 37.0 Å². The summed E-state index contributed by atoms with van der Waals surface area (Å²) in [5.74, 6) is 0.434. The molecule has 0 radical (unpaired) electrons. The van der Waals surface area contributed by atoms with Gasteiger partial charge in [0.25, 0.3) is 5.91 Å². The van der Waals surface area contributed by atoms with Crippen LogP contribution in [0.15, 0.2) is 18.2 Å². The summed E-state index contributed by atoms with van der Waals surface area (Å²) in [6.45, 7) is -0.0853. The van der Waals surface area contributed by atoms with Crippen LogP contribution in [0.2, 0.25) is 5.02 Å². The van der Waals surface area contributed by atoms with Gasteiger partial charge in [0.15, 0.2) is 6.61 Å². The van der Waals surface area contributed by atoms with Gasteiger partial charge >= 0.3 is 0 Å². The first-order valence-electron chi connectivity index (χ1n) is 8.04. The molecule has 0 saturated heterocycles. The maximum Gasteiger partial charge on any atom is 0.259 e. The van der Waals surface area contributed by atoms with Crippen LogP contribution in [0.4, 0.5) is 5.69 Å². The Kier molecular flexibility index (Phi) is 6.45. The largest absolute Gasteiger partial charge is 0.482 e. The zero-order valence-electron chi connectivity index (χ0n) is 14.0. The minimum atomic E-state index is -0.156. The van der Waals surface area contributed by atoms with E-state index in [4.69, 9.17) is 22.1 Å². The van der Waals surface area contributed by atoms with Crippen molar-refractivity contribution in [2.75, 3.05) is 26.0 Å². The number of hydrogen-bond acceptors (Lipinski definition) is 4. The third kappa shape index (κ3) is 5.11. The highest BCUT2D eigenvalue weighted by Crippen LogP contribution is 2.29. The Morgan fingerprint density at radius 3 is 2.71 bits per heavy atom. The van der Waals surface area contributed by atoms with E-state index >= 15 is 0 Å². The maximum atomic E-state index is 12.1. The van der Waals surface area contributed by atoms with Gasteiger partial charge in [-0.15, -0.1) is 0 Å². The number of ether oxygens (including phenoxy) is 1. The Balaban J connectivity index is 1.89. The molecule has 2 amide bonds. The maximum absolute atomic E-state index is 12.1. The standard InChI is InChI=1S/C17H24ClN3O3/c1-21(2)17(23)10-24-15-7-6-12(9-13(15)18)20-16(22)8-11-4-3-5-14(11)19/h6-7,9,11,14H,3-5,8,10,19H2,1-2H3,(H,20,22)/t11-,14+/m0/s1. The number of carbonyl (C=O) groups excluding carboxylic acids is 2. The lowest BCUT2D eigenvalue weighted by Crippen LogP contribution is -2.28. The Hall–Kier alpha value is -1.79. The van der Waals surface area contributed by atoms with Gasteiger partial charge in [0, 0.05) is 32.2 Å². The number of hydrogen-bond donors (Lipinski definition) is 2. The van der Waals surface area contributed by atoms with E-state index in [1.165, 1.54) is 4.90 Å². The number of nitrogens with zero attached hydrogens (tertiary/aromatic N) is 1. The minimum Gasteiger partial charge on any atom is -0.482 e. The number of nitrogens with two attached hydrogens (primary N) is 1. The Bertz CT molecular complexity index is 607. The van der Waals surface area contributed by atoms with Gasteiger partial charge in [0.1, 0.15) is 5.75 Å². The van der Waals surface area contributed by atoms with Crippen molar-refractivity contribution in [3.05, 3.63) is 23.2 Å². The molecule has 2 rings (SSSR count). The van der Waals surface area contributed by atoms with Crippen molar-refractivity contribution in [2.24, 2.45) is 11.7 Å². The summed E-state index contributed by atoms with van der Waals surface area (Å²) in [6, 6.07) is 5.07. The summed E-state index contributed by atoms with van der Waals surface area (Å²) in [6.07, 6.45) is 3.50. The second-order valence-corrected chi connectivity index (χ2v) is 6.74. The number of nitrogens with one attached hydrogen (secondary N) is 1. The van der Waals surface area contributed by atoms with Crippen LogP contribution < -0.4 is 15.8 Å². The van der Waals surface area contributed by atoms with E-state index in [1.807, 2.05) is 0 Å². The van der Waals surface area contributed by atoms with Crippen LogP contribution >= 0.6 is 11.6 Å². The number of amides is 2. The van der Waals surface area contributed by atoms with Gasteiger partial charge in [-0.25, -0.2) is 0 Å². The topological polar surface area (TPSA) is 84.7 Å². The van der Waals surface area contributed by atoms with Gasteiger partial charge in [-0.3, -0.25) is 9.59 Å². The molecular weight excluding hydrogens is 330 g/mol. The van der Waals surface area contributed by atoms with Gasteiger partial charge in [0.2, 0.25) is 5.91 Å². The van der Waals surface area contributed by atoms with Gasteiger partial charge in [-0.2, -0.15) is 0 Å². The molecule has 6 nitrogen and oxygen atoms in total. The highest BCUT2D eigenvalue weighted by Gasteiger charge is 2.26. The van der Waals surface area contributed by atoms with E-state index in [1.54, 1.807) is 32.3 Å². The highest BCUT2D eigenvalue weighted by molar-refractivity contribution is 6.32. The summed E-state index contributed by atoms with van der Waals surface area (Å²) in [5.41, 5.74) is 6.59. The summed E-state index contributed by atoms with van der Waals surface area (Å²) >= 11 is 6.15. The van der Waals surface area contributed by atoms with E-state index < -0.39 is 0 Å². The summed E-state index contributed by atoms with van der Waals surface area (Å²) in [4.78, 5) is 25.1. The molecule has 1 aliphatic carbocycles. The first kappa shape index (κ1) is 18.5. The van der Waals surface area contributed by atoms with Crippen LogP contribution in [-0.2, 0) is 9.59 Å². The van der Waals surface area contributed by atoms with Gasteiger partial charge in [0.05, 0.1) is 5.02 Å². The Morgan fingerprint density at radius 1 is 1.38 bits per heavy atom. The van der Waals surface area contributed by atoms with Crippen LogP contribution in [0.3, 0.4) is 0 Å². The highest BCUT2D eigenvalue weighted by atomic mass is 35.5. The molecule has 7 heteroatoms. The van der Waals surface area contributed by atoms with Crippen LogP contribution in [-0.4, -0.2) is 43.5 Å². The average molecular weight is 354 g/mol. The first-order chi connectivity index (χ1) is 11.4. The number of carbonyl (C=O) groups is 2. The molecule has 132 valence electrons. The van der Waals surface area contributed by atoms with Crippen molar-refractivity contribution >= 4 is 29.1 Å². The molecule has 1 fully saturated rings. The zero-order chi connectivity index (χ0) is 17.7. The van der Waals surface area contributed by atoms with Crippen LogP contribution in [0.1, 0.15) is 25.7 Å². The zero-order valence-corrected chi connectivity index (χ0v) is 14.8. The number of halogens is 1. The molecule has 0 unspecified atom stereocenters. The van der Waals surface area contributed by atoms with Crippen LogP contribution in [0, 0.1) is 5.92 Å². The molecule has 1 aliphatic rings. The van der Waals surface area contributed by atoms with Gasteiger partial charge < -0.3 is 20.7 Å². The molecule has 1 aromatic rings. The molecule has 0 bridgehead atoms. The fourth-order valence-electron chi connectivity index (χ4n) is 2.73. The van der Waals surface area contributed by atoms with Crippen molar-refractivity contribution in [3.8, 4) is 5.75 Å². The van der Waals surface area contributed by atoms with Crippen molar-refractivity contribution in [2.45, 2.75) is 31.7 Å². The number of rotatable bonds is 6. The van der Waals surface area contributed by atoms with Crippen molar-refractivity contribution in [1.29, 1.82) is 0 Å². The van der Waals surface area contributed by atoms with Gasteiger partial charge in [-0.1, -0.05) is 18.0 Å². The van der Waals surface area contributed by atoms with E-state index in [2.05, 4.69) is 5.32 Å². The van der Waals surface area contributed by atoms with Crippen LogP contribution in [0.5, 0.6) is 5.75 Å². The molecule has 0 aromatic heterocycles. The normalized spacial score (nSPS) is 19.8. The predicted molar refractivity (Wildman–Crippen MR) is 94.2 cm³/mol. The molecule has 1 saturated carbocycles. The lowest BCUT2D eigenvalue weighted by molar-refractivity contribution is -0.130. The summed E-state index contributed by atoms with van der Waals surface area (Å²) in [5, 5.41) is 3.18. The quantitative estimate of drug-likeness (QED) is 0.821. The monoisotopic (exact) mass is 353 g/mol. The predicted octanol–water partition coefficient (Wildman–Crippen LogP) is 2.26. The van der Waals surface area contributed by atoms with E-state index in [-0.39, 0.29) is 30.4 Å². The molecule has 2 atom stereocenters. The van der Waals surface area contributed by atoms with E-state index in [0.29, 0.717) is 22.9 Å².